The molecular formula is C22H18BrCl2FN4O3. The molecule has 1 aliphatic rings. The third-order valence-electron chi connectivity index (χ3n) is 4.82. The predicted molar refractivity (Wildman–Crippen MR) is 131 cm³/mol. The molecule has 2 N–H and O–H groups in total. The first-order valence-electron chi connectivity index (χ1n) is 9.93. The number of aromatic nitrogens is 2. The van der Waals surface area contributed by atoms with Crippen molar-refractivity contribution in [1.29, 1.82) is 0 Å². The van der Waals surface area contributed by atoms with Crippen LogP contribution in [0.15, 0.2) is 42.7 Å². The summed E-state index contributed by atoms with van der Waals surface area (Å²) >= 11 is 15.1. The molecule has 0 spiro atoms. The number of benzene rings is 2. The summed E-state index contributed by atoms with van der Waals surface area (Å²) in [6.07, 6.45) is 5.03. The molecule has 33 heavy (non-hydrogen) atoms. The average molecular weight is 556 g/mol. The third-order valence-corrected chi connectivity index (χ3v) is 5.98. The molecule has 0 saturated carbocycles. The second-order valence-corrected chi connectivity index (χ2v) is 8.52. The second kappa shape index (κ2) is 10.6. The van der Waals surface area contributed by atoms with Crippen LogP contribution in [0.1, 0.15) is 6.42 Å². The Morgan fingerprint density at radius 2 is 2.15 bits per heavy atom. The minimum atomic E-state index is -0.703. The molecule has 11 heteroatoms. The maximum Gasteiger partial charge on any atom is 0.248 e. The van der Waals surface area contributed by atoms with Crippen LogP contribution < -0.4 is 15.4 Å². The van der Waals surface area contributed by atoms with Gasteiger partial charge in [-0.15, -0.1) is 0 Å². The Balaban J connectivity index is 1.74. The lowest BCUT2D eigenvalue weighted by molar-refractivity contribution is -0.111. The highest BCUT2D eigenvalue weighted by atomic mass is 79.9. The van der Waals surface area contributed by atoms with E-state index < -0.39 is 5.82 Å². The van der Waals surface area contributed by atoms with E-state index in [2.05, 4.69) is 36.5 Å². The van der Waals surface area contributed by atoms with Crippen molar-refractivity contribution in [3.63, 3.8) is 0 Å². The number of carbonyl (C=O) groups is 1. The van der Waals surface area contributed by atoms with E-state index in [0.29, 0.717) is 46.7 Å². The quantitative estimate of drug-likeness (QED) is 0.215. The van der Waals surface area contributed by atoms with E-state index in [1.54, 1.807) is 18.2 Å². The maximum absolute atomic E-state index is 14.6. The molecule has 1 unspecified atom stereocenters. The van der Waals surface area contributed by atoms with Crippen LogP contribution in [0.3, 0.4) is 0 Å². The number of hydrogen-bond donors (Lipinski definition) is 2. The maximum atomic E-state index is 14.6. The van der Waals surface area contributed by atoms with E-state index in [1.807, 2.05) is 0 Å². The molecule has 2 aromatic carbocycles. The number of allylic oxidation sites excluding steroid dienone is 1. The third kappa shape index (κ3) is 5.55. The number of alkyl halides is 1. The zero-order valence-corrected chi connectivity index (χ0v) is 20.2. The average Bonchev–Trinajstić information content (AvgIpc) is 3.32. The Morgan fingerprint density at radius 3 is 2.91 bits per heavy atom. The van der Waals surface area contributed by atoms with Crippen LogP contribution >= 0.6 is 39.1 Å². The van der Waals surface area contributed by atoms with Gasteiger partial charge in [0.15, 0.2) is 5.82 Å². The van der Waals surface area contributed by atoms with Gasteiger partial charge in [0.2, 0.25) is 5.91 Å². The minimum Gasteiger partial charge on any atom is -0.486 e. The van der Waals surface area contributed by atoms with Gasteiger partial charge in [0.1, 0.15) is 24.0 Å². The fraction of sp³-hybridized carbons (Fsp3) is 0.227. The van der Waals surface area contributed by atoms with Gasteiger partial charge < -0.3 is 20.1 Å². The fourth-order valence-corrected chi connectivity index (χ4v) is 3.74. The second-order valence-electron chi connectivity index (χ2n) is 7.09. The molecule has 0 aliphatic carbocycles. The highest BCUT2D eigenvalue weighted by Gasteiger charge is 2.21. The molecular weight excluding hydrogens is 538 g/mol. The molecule has 1 aliphatic heterocycles. The van der Waals surface area contributed by atoms with Crippen molar-refractivity contribution in [2.75, 3.05) is 29.2 Å². The van der Waals surface area contributed by atoms with E-state index in [0.717, 1.165) is 6.42 Å². The Bertz CT molecular complexity index is 1220. The number of nitrogens with zero attached hydrogens (tertiary/aromatic N) is 2. The van der Waals surface area contributed by atoms with Gasteiger partial charge in [0.25, 0.3) is 0 Å². The van der Waals surface area contributed by atoms with Crippen molar-refractivity contribution in [3.8, 4) is 5.75 Å². The molecule has 3 aromatic rings. The van der Waals surface area contributed by atoms with E-state index >= 15 is 0 Å². The number of carbonyl (C=O) groups excluding carboxylic acids is 1. The van der Waals surface area contributed by atoms with Crippen molar-refractivity contribution in [3.05, 3.63) is 58.6 Å². The molecule has 7 nitrogen and oxygen atoms in total. The lowest BCUT2D eigenvalue weighted by Crippen LogP contribution is -2.18. The smallest absolute Gasteiger partial charge is 0.248 e. The number of fused-ring (bicyclic) bond motifs is 1. The van der Waals surface area contributed by atoms with Crippen LogP contribution in [0.5, 0.6) is 5.75 Å². The summed E-state index contributed by atoms with van der Waals surface area (Å²) in [7, 11) is 0. The van der Waals surface area contributed by atoms with Crippen molar-refractivity contribution < 1.29 is 18.7 Å². The summed E-state index contributed by atoms with van der Waals surface area (Å²) in [6.45, 7) is 1.07. The molecule has 0 bridgehead atoms. The molecule has 1 fully saturated rings. The normalized spacial score (nSPS) is 15.8. The van der Waals surface area contributed by atoms with E-state index in [9.17, 15) is 9.18 Å². The first-order valence-corrected chi connectivity index (χ1v) is 11.8. The van der Waals surface area contributed by atoms with Crippen LogP contribution in [0.25, 0.3) is 10.9 Å². The van der Waals surface area contributed by atoms with Crippen molar-refractivity contribution >= 4 is 73.1 Å². The lowest BCUT2D eigenvalue weighted by Gasteiger charge is -2.18. The van der Waals surface area contributed by atoms with Crippen molar-refractivity contribution in [2.45, 2.75) is 12.5 Å². The van der Waals surface area contributed by atoms with Gasteiger partial charge in [-0.2, -0.15) is 0 Å². The monoisotopic (exact) mass is 554 g/mol. The lowest BCUT2D eigenvalue weighted by atomic mass is 10.1. The number of anilines is 3. The molecule has 0 radical (unpaired) electrons. The van der Waals surface area contributed by atoms with Crippen LogP contribution in [0.2, 0.25) is 10.0 Å². The first kappa shape index (κ1) is 23.7. The summed E-state index contributed by atoms with van der Waals surface area (Å²) in [5, 5.41) is 6.74. The van der Waals surface area contributed by atoms with Gasteiger partial charge in [-0.3, -0.25) is 4.79 Å². The molecule has 1 aromatic heterocycles. The van der Waals surface area contributed by atoms with Gasteiger partial charge >= 0.3 is 0 Å². The van der Waals surface area contributed by atoms with Crippen LogP contribution in [-0.4, -0.2) is 40.5 Å². The zero-order chi connectivity index (χ0) is 23.4. The summed E-state index contributed by atoms with van der Waals surface area (Å²) < 4.78 is 26.1. The summed E-state index contributed by atoms with van der Waals surface area (Å²) in [5.41, 5.74) is 1.06. The minimum absolute atomic E-state index is 0.0960. The van der Waals surface area contributed by atoms with Gasteiger partial charge in [0.05, 0.1) is 40.2 Å². The summed E-state index contributed by atoms with van der Waals surface area (Å²) in [5.74, 6) is -0.266. The van der Waals surface area contributed by atoms with Crippen LogP contribution in [-0.2, 0) is 9.53 Å². The standard InChI is InChI=1S/C22H18BrCl2FN4O3/c23-6-1-2-19(31)29-17-8-13-16(9-18(17)33-12-5-7-32-10-12)27-11-28-22(13)30-15-4-3-14(24)20(25)21(15)26/h1-4,8-9,11-12H,5-7,10H2,(H,29,31)(H,27,28,30)/b2-1+. The predicted octanol–water partition coefficient (Wildman–Crippen LogP) is 5.88. The molecule has 1 atom stereocenters. The highest BCUT2D eigenvalue weighted by molar-refractivity contribution is 9.09. The number of ether oxygens (including phenoxy) is 2. The Labute approximate surface area is 207 Å². The first-order chi connectivity index (χ1) is 16.0. The molecule has 1 saturated heterocycles. The van der Waals surface area contributed by atoms with Gasteiger partial charge in [-0.1, -0.05) is 45.2 Å². The number of halogens is 4. The zero-order valence-electron chi connectivity index (χ0n) is 17.1. The molecule has 172 valence electrons. The van der Waals surface area contributed by atoms with Crippen LogP contribution in [0, 0.1) is 5.82 Å². The number of nitrogens with one attached hydrogen (secondary N) is 2. The van der Waals surface area contributed by atoms with Crippen LogP contribution in [0.4, 0.5) is 21.6 Å². The summed E-state index contributed by atoms with van der Waals surface area (Å²) in [4.78, 5) is 20.9. The van der Waals surface area contributed by atoms with E-state index in [-0.39, 0.29) is 27.7 Å². The molecule has 2 heterocycles. The fourth-order valence-electron chi connectivity index (χ4n) is 3.24. The SMILES string of the molecule is O=C(/C=C/CBr)Nc1cc2c(Nc3ccc(Cl)c(Cl)c3F)ncnc2cc1OC1CCOC1. The Hall–Kier alpha value is -2.46. The largest absolute Gasteiger partial charge is 0.486 e. The Morgan fingerprint density at radius 1 is 1.30 bits per heavy atom. The van der Waals surface area contributed by atoms with Gasteiger partial charge in [-0.05, 0) is 18.2 Å². The van der Waals surface area contributed by atoms with Gasteiger partial charge in [-0.25, -0.2) is 14.4 Å². The number of rotatable bonds is 7. The Kier molecular flexibility index (Phi) is 7.64. The highest BCUT2D eigenvalue weighted by Crippen LogP contribution is 2.36. The van der Waals surface area contributed by atoms with E-state index in [4.69, 9.17) is 32.7 Å². The molecule has 1 amide bonds. The van der Waals surface area contributed by atoms with Crippen molar-refractivity contribution in [2.24, 2.45) is 0 Å². The van der Waals surface area contributed by atoms with Crippen molar-refractivity contribution in [1.82, 2.24) is 9.97 Å². The summed E-state index contributed by atoms with van der Waals surface area (Å²) in [6, 6.07) is 6.33. The topological polar surface area (TPSA) is 85.4 Å². The van der Waals surface area contributed by atoms with Gasteiger partial charge in [0, 0.05) is 29.3 Å². The molecule has 4 rings (SSSR count). The number of hydrogen-bond acceptors (Lipinski definition) is 6. The van der Waals surface area contributed by atoms with E-state index in [1.165, 1.54) is 24.5 Å². The number of amides is 1.